The largest absolute Gasteiger partial charge is 0.481 e. The SMILES string of the molecule is O=c1c(C(F)(F)F)cn([C@@H]2O[C@H](COP(=O)(O)OP(=O)(O)O)C(O)[C@@H]2O)c(=O)n1CCc1ccc(F)cc1F. The highest BCUT2D eigenvalue weighted by atomic mass is 31.3. The van der Waals surface area contributed by atoms with Crippen molar-refractivity contribution < 1.29 is 69.5 Å². The maximum Gasteiger partial charge on any atom is 0.481 e. The number of ether oxygens (including phenoxy) is 1. The first-order chi connectivity index (χ1) is 17.8. The summed E-state index contributed by atoms with van der Waals surface area (Å²) in [5.74, 6) is -2.05. The Balaban J connectivity index is 1.94. The third kappa shape index (κ3) is 7.46. The molecule has 14 nitrogen and oxygen atoms in total. The van der Waals surface area contributed by atoms with E-state index >= 15 is 0 Å². The molecule has 1 fully saturated rings. The second-order valence-electron chi connectivity index (χ2n) is 8.06. The van der Waals surface area contributed by atoms with Gasteiger partial charge in [0.2, 0.25) is 0 Å². The van der Waals surface area contributed by atoms with Crippen LogP contribution in [0.2, 0.25) is 0 Å². The number of rotatable bonds is 9. The first kappa shape index (κ1) is 31.2. The molecule has 2 unspecified atom stereocenters. The molecule has 5 N–H and O–H groups in total. The van der Waals surface area contributed by atoms with Crippen LogP contribution in [0.25, 0.3) is 0 Å². The molecule has 218 valence electrons. The normalized spacial score (nSPS) is 23.6. The van der Waals surface area contributed by atoms with Gasteiger partial charge in [0, 0.05) is 18.8 Å². The number of hydrogen-bond donors (Lipinski definition) is 5. The predicted octanol–water partition coefficient (Wildman–Crippen LogP) is 0.395. The van der Waals surface area contributed by atoms with Crippen LogP contribution in [0.1, 0.15) is 17.4 Å². The minimum Gasteiger partial charge on any atom is -0.387 e. The fraction of sp³-hybridized carbons (Fsp3) is 0.444. The van der Waals surface area contributed by atoms with E-state index < -0.39 is 94.4 Å². The number of aromatic nitrogens is 2. The summed E-state index contributed by atoms with van der Waals surface area (Å²) in [4.78, 5) is 52.0. The smallest absolute Gasteiger partial charge is 0.387 e. The molecule has 0 saturated carbocycles. The fourth-order valence-corrected chi connectivity index (χ4v) is 5.17. The van der Waals surface area contributed by atoms with Crippen molar-refractivity contribution in [3.63, 3.8) is 0 Å². The van der Waals surface area contributed by atoms with Gasteiger partial charge >= 0.3 is 27.5 Å². The minimum atomic E-state index is -5.53. The molecule has 2 heterocycles. The second-order valence-corrected chi connectivity index (χ2v) is 10.9. The lowest BCUT2D eigenvalue weighted by Crippen LogP contribution is -2.46. The van der Waals surface area contributed by atoms with Crippen LogP contribution in [0.3, 0.4) is 0 Å². The van der Waals surface area contributed by atoms with E-state index in [2.05, 4.69) is 8.83 Å². The van der Waals surface area contributed by atoms with Gasteiger partial charge in [0.1, 0.15) is 35.5 Å². The maximum absolute atomic E-state index is 14.0. The van der Waals surface area contributed by atoms with Crippen LogP contribution >= 0.6 is 15.6 Å². The number of alkyl halides is 3. The number of benzene rings is 1. The molecule has 3 rings (SSSR count). The second kappa shape index (κ2) is 11.3. The number of aliphatic hydroxyl groups is 2. The van der Waals surface area contributed by atoms with E-state index in [1.165, 1.54) is 0 Å². The van der Waals surface area contributed by atoms with Crippen molar-refractivity contribution >= 4 is 15.6 Å². The van der Waals surface area contributed by atoms with Crippen molar-refractivity contribution in [1.29, 1.82) is 0 Å². The molecular formula is C18H19F5N2O12P2. The average molecular weight is 612 g/mol. The summed E-state index contributed by atoms with van der Waals surface area (Å²) in [7, 11) is -11.0. The Morgan fingerprint density at radius 3 is 2.26 bits per heavy atom. The Morgan fingerprint density at radius 2 is 1.69 bits per heavy atom. The molecule has 0 spiro atoms. The van der Waals surface area contributed by atoms with Crippen LogP contribution in [0.15, 0.2) is 34.0 Å². The van der Waals surface area contributed by atoms with Gasteiger partial charge in [-0.3, -0.25) is 18.5 Å². The van der Waals surface area contributed by atoms with Crippen molar-refractivity contribution in [2.24, 2.45) is 0 Å². The number of nitrogens with zero attached hydrogens (tertiary/aromatic N) is 2. The zero-order valence-electron chi connectivity index (χ0n) is 19.0. The predicted molar refractivity (Wildman–Crippen MR) is 115 cm³/mol. The Kier molecular flexibility index (Phi) is 9.03. The van der Waals surface area contributed by atoms with Crippen molar-refractivity contribution in [2.75, 3.05) is 6.61 Å². The molecule has 0 aliphatic carbocycles. The number of hydrogen-bond acceptors (Lipinski definition) is 9. The average Bonchev–Trinajstić information content (AvgIpc) is 3.05. The van der Waals surface area contributed by atoms with Crippen LogP contribution in [0.4, 0.5) is 22.0 Å². The highest BCUT2D eigenvalue weighted by Gasteiger charge is 2.47. The van der Waals surface area contributed by atoms with E-state index in [0.29, 0.717) is 6.07 Å². The summed E-state index contributed by atoms with van der Waals surface area (Å²) >= 11 is 0. The molecule has 1 aliphatic rings. The lowest BCUT2D eigenvalue weighted by molar-refractivity contribution is -0.140. The summed E-state index contributed by atoms with van der Waals surface area (Å²) in [6, 6.07) is 2.27. The molecule has 0 bridgehead atoms. The van der Waals surface area contributed by atoms with Gasteiger partial charge in [-0.2, -0.15) is 17.5 Å². The van der Waals surface area contributed by atoms with Gasteiger partial charge in [-0.15, -0.1) is 0 Å². The van der Waals surface area contributed by atoms with E-state index in [1.54, 1.807) is 0 Å². The number of phosphoric acid groups is 2. The van der Waals surface area contributed by atoms with Gasteiger partial charge in [0.25, 0.3) is 5.56 Å². The van der Waals surface area contributed by atoms with Crippen LogP contribution in [-0.2, 0) is 41.8 Å². The van der Waals surface area contributed by atoms with Crippen LogP contribution in [-0.4, -0.2) is 58.9 Å². The summed E-state index contributed by atoms with van der Waals surface area (Å²) < 4.78 is 103. The summed E-state index contributed by atoms with van der Waals surface area (Å²) in [6.45, 7) is -2.05. The number of aliphatic hydroxyl groups excluding tert-OH is 2. The van der Waals surface area contributed by atoms with Crippen LogP contribution in [0, 0.1) is 11.6 Å². The van der Waals surface area contributed by atoms with Gasteiger partial charge in [0.05, 0.1) is 6.61 Å². The standard InChI is InChI=1S/C18H19F5N2O12P2/c19-9-2-1-8(11(20)5-9)3-4-24-15(28)10(18(21,22)23)6-25(17(24)29)16-14(27)13(26)12(36-16)7-35-39(33,34)37-38(30,31)32/h1-2,5-6,12-14,16,26-27H,3-4,7H2,(H,33,34)(H2,30,31,32)/t12-,13?,14+,16-/m1/s1. The molecule has 0 radical (unpaired) electrons. The third-order valence-corrected chi connectivity index (χ3v) is 7.50. The first-order valence-electron chi connectivity index (χ1n) is 10.4. The van der Waals surface area contributed by atoms with E-state index in [9.17, 15) is 55.8 Å². The molecule has 0 amide bonds. The summed E-state index contributed by atoms with van der Waals surface area (Å²) in [5.41, 5.74) is -5.51. The molecule has 1 aliphatic heterocycles. The molecule has 21 heteroatoms. The van der Waals surface area contributed by atoms with Crippen molar-refractivity contribution in [3.8, 4) is 0 Å². The molecule has 1 saturated heterocycles. The van der Waals surface area contributed by atoms with Crippen LogP contribution in [0.5, 0.6) is 0 Å². The van der Waals surface area contributed by atoms with Crippen LogP contribution < -0.4 is 11.2 Å². The number of phosphoric ester groups is 1. The molecule has 5 atom stereocenters. The van der Waals surface area contributed by atoms with Gasteiger partial charge in [-0.05, 0) is 18.1 Å². The highest BCUT2D eigenvalue weighted by Crippen LogP contribution is 2.57. The topological polar surface area (TPSA) is 207 Å². The first-order valence-corrected chi connectivity index (χ1v) is 13.5. The lowest BCUT2D eigenvalue weighted by Gasteiger charge is -2.21. The number of halogens is 5. The van der Waals surface area contributed by atoms with E-state index in [-0.39, 0.29) is 20.9 Å². The van der Waals surface area contributed by atoms with Crippen molar-refractivity contribution in [1.82, 2.24) is 9.13 Å². The third-order valence-electron chi connectivity index (χ3n) is 5.34. The lowest BCUT2D eigenvalue weighted by atomic mass is 10.1. The van der Waals surface area contributed by atoms with Gasteiger partial charge in [0.15, 0.2) is 6.23 Å². The van der Waals surface area contributed by atoms with Gasteiger partial charge < -0.3 is 29.6 Å². The number of aryl methyl sites for hydroxylation is 1. The van der Waals surface area contributed by atoms with Gasteiger partial charge in [-0.25, -0.2) is 22.7 Å². The van der Waals surface area contributed by atoms with E-state index in [4.69, 9.17) is 14.5 Å². The molecular weight excluding hydrogens is 593 g/mol. The minimum absolute atomic E-state index is 0.00266. The van der Waals surface area contributed by atoms with E-state index in [0.717, 1.165) is 12.1 Å². The molecule has 1 aromatic heterocycles. The Bertz CT molecular complexity index is 1440. The quantitative estimate of drug-likeness (QED) is 0.193. The monoisotopic (exact) mass is 612 g/mol. The fourth-order valence-electron chi connectivity index (χ4n) is 3.57. The Morgan fingerprint density at radius 1 is 1.05 bits per heavy atom. The molecule has 39 heavy (non-hydrogen) atoms. The van der Waals surface area contributed by atoms with E-state index in [1.807, 2.05) is 0 Å². The zero-order chi connectivity index (χ0) is 29.5. The van der Waals surface area contributed by atoms with Gasteiger partial charge in [-0.1, -0.05) is 6.07 Å². The Labute approximate surface area is 213 Å². The zero-order valence-corrected chi connectivity index (χ0v) is 20.8. The highest BCUT2D eigenvalue weighted by molar-refractivity contribution is 7.60. The molecule has 2 aromatic rings. The van der Waals surface area contributed by atoms with Crippen molar-refractivity contribution in [2.45, 2.75) is 43.7 Å². The Hall–Kier alpha value is -2.31. The summed E-state index contributed by atoms with van der Waals surface area (Å²) in [6.07, 6.45) is -14.2. The van der Waals surface area contributed by atoms with Crippen molar-refractivity contribution in [3.05, 3.63) is 68.0 Å². The maximum atomic E-state index is 14.0. The summed E-state index contributed by atoms with van der Waals surface area (Å²) in [5, 5.41) is 20.5. The molecule has 1 aromatic carbocycles.